The van der Waals surface area contributed by atoms with Crippen LogP contribution in [0, 0.1) is 11.6 Å². The Labute approximate surface area is 311 Å². The van der Waals surface area contributed by atoms with Crippen molar-refractivity contribution in [3.05, 3.63) is 135 Å². The highest BCUT2D eigenvalue weighted by Crippen LogP contribution is 2.26. The first-order valence-corrected chi connectivity index (χ1v) is 18.6. The first kappa shape index (κ1) is 38.0. The van der Waals surface area contributed by atoms with Crippen molar-refractivity contribution in [3.63, 3.8) is 0 Å². The molecule has 3 aromatic carbocycles. The molecular weight excluding hydrogens is 702 g/mol. The van der Waals surface area contributed by atoms with Crippen LogP contribution in [0.15, 0.2) is 95.3 Å². The van der Waals surface area contributed by atoms with Crippen molar-refractivity contribution in [2.75, 3.05) is 33.4 Å². The number of rotatable bonds is 15. The Morgan fingerprint density at radius 3 is 2.28 bits per heavy atom. The predicted molar refractivity (Wildman–Crippen MR) is 199 cm³/mol. The Morgan fingerprint density at radius 1 is 0.943 bits per heavy atom. The number of amides is 1. The Bertz CT molecular complexity index is 2050. The van der Waals surface area contributed by atoms with Crippen LogP contribution in [0.25, 0.3) is 11.1 Å². The Kier molecular flexibility index (Phi) is 12.8. The normalized spacial score (nSPS) is 13.8. The molecule has 0 N–H and O–H groups in total. The van der Waals surface area contributed by atoms with E-state index in [-0.39, 0.29) is 41.4 Å². The largest absolute Gasteiger partial charge is 0.383 e. The summed E-state index contributed by atoms with van der Waals surface area (Å²) in [5, 5.41) is 4.44. The van der Waals surface area contributed by atoms with E-state index < -0.39 is 23.9 Å². The molecule has 0 spiro atoms. The molecule has 0 bridgehead atoms. The lowest BCUT2D eigenvalue weighted by atomic mass is 10.00. The minimum Gasteiger partial charge on any atom is -0.383 e. The number of ether oxygens (including phenoxy) is 1. The van der Waals surface area contributed by atoms with Gasteiger partial charge in [-0.15, -0.1) is 0 Å². The zero-order chi connectivity index (χ0) is 37.3. The summed E-state index contributed by atoms with van der Waals surface area (Å²) in [7, 11) is 3.48. The van der Waals surface area contributed by atoms with E-state index in [1.807, 2.05) is 47.5 Å². The van der Waals surface area contributed by atoms with Gasteiger partial charge in [-0.05, 0) is 46.7 Å². The monoisotopic (exact) mass is 744 g/mol. The van der Waals surface area contributed by atoms with E-state index in [0.717, 1.165) is 72.6 Å². The summed E-state index contributed by atoms with van der Waals surface area (Å²) in [6.45, 7) is 2.85. The van der Waals surface area contributed by atoms with Gasteiger partial charge in [0.15, 0.2) is 16.8 Å². The van der Waals surface area contributed by atoms with Crippen LogP contribution >= 0.6 is 11.8 Å². The fourth-order valence-electron chi connectivity index (χ4n) is 6.57. The molecule has 6 rings (SSSR count). The first-order valence-electron chi connectivity index (χ1n) is 17.6. The molecule has 278 valence electrons. The van der Waals surface area contributed by atoms with E-state index in [0.29, 0.717) is 24.3 Å². The van der Waals surface area contributed by atoms with Gasteiger partial charge in [0.1, 0.15) is 13.2 Å². The molecule has 1 fully saturated rings. The number of nitrogens with zero attached hydrogens (tertiary/aromatic N) is 6. The van der Waals surface area contributed by atoms with Crippen LogP contribution in [0.4, 0.5) is 13.2 Å². The van der Waals surface area contributed by atoms with Crippen molar-refractivity contribution < 1.29 is 22.7 Å². The van der Waals surface area contributed by atoms with Gasteiger partial charge in [-0.2, -0.15) is 10.1 Å². The average Bonchev–Trinajstić information content (AvgIpc) is 3.59. The fraction of sp³-hybridized carbons (Fsp3) is 0.350. The Morgan fingerprint density at radius 2 is 1.64 bits per heavy atom. The fourth-order valence-corrected chi connectivity index (χ4v) is 7.51. The van der Waals surface area contributed by atoms with Crippen molar-refractivity contribution in [2.24, 2.45) is 7.05 Å². The van der Waals surface area contributed by atoms with Gasteiger partial charge in [-0.3, -0.25) is 14.3 Å². The van der Waals surface area contributed by atoms with E-state index in [4.69, 9.17) is 4.74 Å². The molecule has 1 aliphatic heterocycles. The summed E-state index contributed by atoms with van der Waals surface area (Å²) in [5.74, 6) is -2.05. The molecule has 0 saturated carbocycles. The van der Waals surface area contributed by atoms with Gasteiger partial charge in [0.2, 0.25) is 5.91 Å². The van der Waals surface area contributed by atoms with Crippen LogP contribution in [-0.4, -0.2) is 74.4 Å². The number of aryl methyl sites for hydroxylation is 1. The minimum atomic E-state index is -0.956. The molecule has 5 aromatic rings. The van der Waals surface area contributed by atoms with Gasteiger partial charge >= 0.3 is 0 Å². The number of hydrogen-bond donors (Lipinski definition) is 0. The Balaban J connectivity index is 1.28. The quantitative estimate of drug-likeness (QED) is 0.0905. The number of methoxy groups -OCH3 is 1. The van der Waals surface area contributed by atoms with E-state index in [1.165, 1.54) is 12.1 Å². The SMILES string of the molecule is COCCN1CCC(N(Cc2ccc(-c3ccc(CF)cc3)cc2)C(=O)Cn2cc(Cc3cnn(C)c3)c(=O)nc2SCc2cccc(F)c2F)CC1. The third-order valence-corrected chi connectivity index (χ3v) is 10.6. The van der Waals surface area contributed by atoms with E-state index in [2.05, 4.69) is 15.0 Å². The van der Waals surface area contributed by atoms with Gasteiger partial charge < -0.3 is 19.1 Å². The number of likely N-dealkylation sites (tertiary alicyclic amines) is 1. The number of carbonyl (C=O) groups is 1. The number of thioether (sulfide) groups is 1. The summed E-state index contributed by atoms with van der Waals surface area (Å²) in [4.78, 5) is 36.4. The number of aromatic nitrogens is 4. The van der Waals surface area contributed by atoms with Crippen molar-refractivity contribution >= 4 is 17.7 Å². The zero-order valence-electron chi connectivity index (χ0n) is 29.9. The van der Waals surface area contributed by atoms with Crippen LogP contribution in [0.2, 0.25) is 0 Å². The number of benzene rings is 3. The summed E-state index contributed by atoms with van der Waals surface area (Å²) in [5.41, 5.74) is 4.41. The topological polar surface area (TPSA) is 85.5 Å². The first-order chi connectivity index (χ1) is 25.7. The van der Waals surface area contributed by atoms with Gasteiger partial charge in [-0.1, -0.05) is 72.4 Å². The summed E-state index contributed by atoms with van der Waals surface area (Å²) < 4.78 is 50.3. The molecule has 0 atom stereocenters. The number of halogens is 3. The van der Waals surface area contributed by atoms with E-state index >= 15 is 0 Å². The smallest absolute Gasteiger partial charge is 0.277 e. The number of alkyl halides is 1. The molecule has 53 heavy (non-hydrogen) atoms. The van der Waals surface area contributed by atoms with Crippen LogP contribution in [0.3, 0.4) is 0 Å². The molecule has 0 radical (unpaired) electrons. The van der Waals surface area contributed by atoms with Gasteiger partial charge in [0, 0.05) is 82.1 Å². The number of piperidine rings is 1. The standard InChI is InChI=1S/C40H43F3N6O3S/c1-46-23-30(22-44-46)20-34-25-48(40(45-39(34)51)53-27-33-4-3-5-36(42)38(33)43)26-37(50)49(35-14-16-47(17-15-35)18-19-52-2)24-29-8-12-32(13-9-29)31-10-6-28(21-41)7-11-31/h3-13,22-23,25,35H,14-21,24,26-27H2,1-2H3. The van der Waals surface area contributed by atoms with Crippen molar-refractivity contribution in [2.45, 2.75) is 56.0 Å². The maximum atomic E-state index is 14.6. The third-order valence-electron chi connectivity index (χ3n) is 9.55. The van der Waals surface area contributed by atoms with Crippen molar-refractivity contribution in [1.82, 2.24) is 29.1 Å². The zero-order valence-corrected chi connectivity index (χ0v) is 30.7. The number of carbonyl (C=O) groups excluding carboxylic acids is 1. The predicted octanol–water partition coefficient (Wildman–Crippen LogP) is 6.41. The molecule has 9 nitrogen and oxygen atoms in total. The van der Waals surface area contributed by atoms with Crippen LogP contribution in [-0.2, 0) is 48.5 Å². The van der Waals surface area contributed by atoms with Gasteiger partial charge in [0.05, 0.1) is 12.8 Å². The lowest BCUT2D eigenvalue weighted by Crippen LogP contribution is -2.48. The lowest BCUT2D eigenvalue weighted by Gasteiger charge is -2.39. The summed E-state index contributed by atoms with van der Waals surface area (Å²) in [6.07, 6.45) is 6.97. The Hall–Kier alpha value is -4.72. The van der Waals surface area contributed by atoms with Crippen LogP contribution in [0.5, 0.6) is 0 Å². The molecule has 1 aliphatic rings. The molecule has 1 amide bonds. The van der Waals surface area contributed by atoms with E-state index in [9.17, 15) is 22.8 Å². The lowest BCUT2D eigenvalue weighted by molar-refractivity contribution is -0.136. The van der Waals surface area contributed by atoms with Crippen LogP contribution in [0.1, 0.15) is 40.7 Å². The molecule has 2 aromatic heterocycles. The summed E-state index contributed by atoms with van der Waals surface area (Å²) >= 11 is 1.08. The highest BCUT2D eigenvalue weighted by Gasteiger charge is 2.29. The van der Waals surface area contributed by atoms with Gasteiger partial charge in [0.25, 0.3) is 5.56 Å². The van der Waals surface area contributed by atoms with Crippen molar-refractivity contribution in [3.8, 4) is 11.1 Å². The maximum absolute atomic E-state index is 14.6. The molecule has 13 heteroatoms. The average molecular weight is 745 g/mol. The van der Waals surface area contributed by atoms with Crippen molar-refractivity contribution in [1.29, 1.82) is 0 Å². The highest BCUT2D eigenvalue weighted by molar-refractivity contribution is 7.98. The highest BCUT2D eigenvalue weighted by atomic mass is 32.2. The van der Waals surface area contributed by atoms with Gasteiger partial charge in [-0.25, -0.2) is 13.2 Å². The second-order valence-corrected chi connectivity index (χ2v) is 14.2. The molecule has 0 aliphatic carbocycles. The number of hydrogen-bond acceptors (Lipinski definition) is 7. The van der Waals surface area contributed by atoms with E-state index in [1.54, 1.807) is 47.9 Å². The second kappa shape index (κ2) is 17.9. The maximum Gasteiger partial charge on any atom is 0.277 e. The molecular formula is C40H43F3N6O3S. The molecule has 0 unspecified atom stereocenters. The second-order valence-electron chi connectivity index (χ2n) is 13.3. The minimum absolute atomic E-state index is 0.0126. The molecule has 1 saturated heterocycles. The van der Waals surface area contributed by atoms with Crippen LogP contribution < -0.4 is 5.56 Å². The molecule has 3 heterocycles. The third kappa shape index (κ3) is 9.83. The summed E-state index contributed by atoms with van der Waals surface area (Å²) in [6, 6.07) is 19.3.